The fourth-order valence-corrected chi connectivity index (χ4v) is 3.78. The highest BCUT2D eigenvalue weighted by atomic mass is 35.5. The summed E-state index contributed by atoms with van der Waals surface area (Å²) in [7, 11) is 0. The molecule has 0 fully saturated rings. The highest BCUT2D eigenvalue weighted by Gasteiger charge is 2.16. The number of carbonyl (C=O) groups is 1. The number of nitrogens with one attached hydrogen (secondary N) is 1. The van der Waals surface area contributed by atoms with Crippen molar-refractivity contribution in [1.29, 1.82) is 0 Å². The summed E-state index contributed by atoms with van der Waals surface area (Å²) in [5.41, 5.74) is 2.68. The maximum absolute atomic E-state index is 13.1. The van der Waals surface area contributed by atoms with E-state index in [2.05, 4.69) is 14.7 Å². The van der Waals surface area contributed by atoms with Crippen LogP contribution >= 0.6 is 23.1 Å². The second-order valence-corrected chi connectivity index (χ2v) is 7.59. The largest absolute Gasteiger partial charge is 0.324 e. The summed E-state index contributed by atoms with van der Waals surface area (Å²) in [6, 6.07) is 11.0. The predicted octanol–water partition coefficient (Wildman–Crippen LogP) is 4.26. The van der Waals surface area contributed by atoms with Crippen molar-refractivity contribution >= 4 is 44.9 Å². The fourth-order valence-electron chi connectivity index (χ4n) is 2.79. The van der Waals surface area contributed by atoms with E-state index in [1.165, 1.54) is 23.0 Å². The van der Waals surface area contributed by atoms with Crippen molar-refractivity contribution in [2.45, 2.75) is 13.5 Å². The van der Waals surface area contributed by atoms with Gasteiger partial charge in [0.1, 0.15) is 28.3 Å². The van der Waals surface area contributed by atoms with Gasteiger partial charge in [0.05, 0.1) is 6.33 Å². The van der Waals surface area contributed by atoms with Crippen LogP contribution in [0.1, 0.15) is 5.56 Å². The number of rotatable bonds is 4. The Bertz CT molecular complexity index is 1280. The summed E-state index contributed by atoms with van der Waals surface area (Å²) in [4.78, 5) is 29.4. The summed E-state index contributed by atoms with van der Waals surface area (Å²) in [6.07, 6.45) is 1.31. The van der Waals surface area contributed by atoms with Gasteiger partial charge in [-0.2, -0.15) is 4.37 Å². The third-order valence-electron chi connectivity index (χ3n) is 4.34. The molecule has 1 N–H and O–H groups in total. The summed E-state index contributed by atoms with van der Waals surface area (Å²) >= 11 is 7.07. The van der Waals surface area contributed by atoms with E-state index >= 15 is 0 Å². The lowest BCUT2D eigenvalue weighted by Crippen LogP contribution is -2.27. The lowest BCUT2D eigenvalue weighted by atomic mass is 10.1. The van der Waals surface area contributed by atoms with E-state index in [4.69, 9.17) is 11.6 Å². The average Bonchev–Trinajstić information content (AvgIpc) is 3.12. The molecule has 0 atom stereocenters. The first-order valence-electron chi connectivity index (χ1n) is 8.59. The zero-order valence-corrected chi connectivity index (χ0v) is 16.7. The first-order chi connectivity index (χ1) is 13.9. The molecule has 0 unspecified atom stereocenters. The highest BCUT2D eigenvalue weighted by molar-refractivity contribution is 7.13. The number of aryl methyl sites for hydroxylation is 1. The Kier molecular flexibility index (Phi) is 5.12. The molecule has 2 heterocycles. The lowest BCUT2D eigenvalue weighted by Gasteiger charge is -2.08. The van der Waals surface area contributed by atoms with Crippen LogP contribution < -0.4 is 10.9 Å². The molecule has 0 bridgehead atoms. The van der Waals surface area contributed by atoms with Crippen LogP contribution in [0.3, 0.4) is 0 Å². The van der Waals surface area contributed by atoms with Crippen LogP contribution in [0.4, 0.5) is 10.1 Å². The molecule has 2 aromatic heterocycles. The molecule has 0 saturated heterocycles. The lowest BCUT2D eigenvalue weighted by molar-refractivity contribution is -0.116. The Hall–Kier alpha value is -3.10. The van der Waals surface area contributed by atoms with E-state index in [1.807, 2.05) is 6.92 Å². The van der Waals surface area contributed by atoms with Crippen molar-refractivity contribution in [3.05, 3.63) is 75.5 Å². The standard InChI is InChI=1S/C20H14ClFN4O2S/c1-11-2-7-14(8-15(11)21)24-16(27)9-26-10-23-18-17(25-29-19(18)20(26)28)12-3-5-13(22)6-4-12/h2-8,10H,9H2,1H3,(H,24,27). The third kappa shape index (κ3) is 3.90. The van der Waals surface area contributed by atoms with Crippen LogP contribution in [0, 0.1) is 12.7 Å². The molecule has 0 aliphatic heterocycles. The Morgan fingerprint density at radius 2 is 2.00 bits per heavy atom. The minimum absolute atomic E-state index is 0.197. The van der Waals surface area contributed by atoms with Crippen LogP contribution in [0.2, 0.25) is 5.02 Å². The molecular weight excluding hydrogens is 415 g/mol. The number of halogens is 2. The topological polar surface area (TPSA) is 76.9 Å². The number of hydrogen-bond donors (Lipinski definition) is 1. The monoisotopic (exact) mass is 428 g/mol. The number of nitrogens with zero attached hydrogens (tertiary/aromatic N) is 3. The smallest absolute Gasteiger partial charge is 0.273 e. The molecule has 146 valence electrons. The van der Waals surface area contributed by atoms with E-state index in [1.54, 1.807) is 30.3 Å². The number of benzene rings is 2. The first-order valence-corrected chi connectivity index (χ1v) is 9.74. The second-order valence-electron chi connectivity index (χ2n) is 6.41. The Labute approximate surface area is 173 Å². The van der Waals surface area contributed by atoms with Gasteiger partial charge < -0.3 is 5.32 Å². The zero-order valence-electron chi connectivity index (χ0n) is 15.1. The zero-order chi connectivity index (χ0) is 20.5. The van der Waals surface area contributed by atoms with Gasteiger partial charge >= 0.3 is 0 Å². The molecule has 0 aliphatic carbocycles. The Balaban J connectivity index is 1.59. The quantitative estimate of drug-likeness (QED) is 0.527. The molecule has 9 heteroatoms. The van der Waals surface area contributed by atoms with Crippen LogP contribution in [-0.4, -0.2) is 19.8 Å². The predicted molar refractivity (Wildman–Crippen MR) is 112 cm³/mol. The van der Waals surface area contributed by atoms with Crippen molar-refractivity contribution in [2.75, 3.05) is 5.32 Å². The third-order valence-corrected chi connectivity index (χ3v) is 5.57. The minimum Gasteiger partial charge on any atom is -0.324 e. The molecule has 0 saturated carbocycles. The average molecular weight is 429 g/mol. The minimum atomic E-state index is -0.378. The SMILES string of the molecule is Cc1ccc(NC(=O)Cn2cnc3c(-c4ccc(F)cc4)nsc3c2=O)cc1Cl. The number of aromatic nitrogens is 3. The molecule has 2 aromatic carbocycles. The van der Waals surface area contributed by atoms with Crippen molar-refractivity contribution in [2.24, 2.45) is 0 Å². The van der Waals surface area contributed by atoms with E-state index in [0.717, 1.165) is 17.1 Å². The van der Waals surface area contributed by atoms with E-state index in [0.29, 0.717) is 32.2 Å². The summed E-state index contributed by atoms with van der Waals surface area (Å²) in [5.74, 6) is -0.735. The fraction of sp³-hybridized carbons (Fsp3) is 0.100. The summed E-state index contributed by atoms with van der Waals surface area (Å²) in [5, 5.41) is 3.25. The molecule has 4 aromatic rings. The number of anilines is 1. The second kappa shape index (κ2) is 7.73. The molecule has 4 rings (SSSR count). The van der Waals surface area contributed by atoms with E-state index < -0.39 is 0 Å². The first kappa shape index (κ1) is 19.2. The Morgan fingerprint density at radius 1 is 1.24 bits per heavy atom. The molecule has 0 spiro atoms. The molecule has 0 radical (unpaired) electrons. The number of hydrogen-bond acceptors (Lipinski definition) is 5. The van der Waals surface area contributed by atoms with Crippen LogP contribution in [-0.2, 0) is 11.3 Å². The van der Waals surface area contributed by atoms with Gasteiger partial charge in [-0.05, 0) is 60.4 Å². The number of amides is 1. The molecule has 6 nitrogen and oxygen atoms in total. The van der Waals surface area contributed by atoms with Crippen LogP contribution in [0.5, 0.6) is 0 Å². The molecule has 1 amide bonds. The van der Waals surface area contributed by atoms with Gasteiger partial charge in [-0.15, -0.1) is 0 Å². The van der Waals surface area contributed by atoms with Gasteiger partial charge in [0.25, 0.3) is 5.56 Å². The van der Waals surface area contributed by atoms with Crippen molar-refractivity contribution < 1.29 is 9.18 Å². The maximum atomic E-state index is 13.1. The van der Waals surface area contributed by atoms with Crippen molar-refractivity contribution in [3.8, 4) is 11.3 Å². The maximum Gasteiger partial charge on any atom is 0.273 e. The normalized spacial score (nSPS) is 11.0. The number of fused-ring (bicyclic) bond motifs is 1. The van der Waals surface area contributed by atoms with Gasteiger partial charge in [-0.1, -0.05) is 17.7 Å². The molecule has 0 aliphatic rings. The van der Waals surface area contributed by atoms with Gasteiger partial charge in [0.15, 0.2) is 0 Å². The van der Waals surface area contributed by atoms with Crippen LogP contribution in [0.25, 0.3) is 21.5 Å². The van der Waals surface area contributed by atoms with Gasteiger partial charge in [-0.25, -0.2) is 9.37 Å². The van der Waals surface area contributed by atoms with Crippen molar-refractivity contribution in [1.82, 2.24) is 13.9 Å². The Morgan fingerprint density at radius 3 is 2.72 bits per heavy atom. The van der Waals surface area contributed by atoms with Crippen molar-refractivity contribution in [3.63, 3.8) is 0 Å². The van der Waals surface area contributed by atoms with Gasteiger partial charge in [0.2, 0.25) is 5.91 Å². The number of carbonyl (C=O) groups excluding carboxylic acids is 1. The molecular formula is C20H14ClFN4O2S. The van der Waals surface area contributed by atoms with E-state index in [-0.39, 0.29) is 23.8 Å². The van der Waals surface area contributed by atoms with Gasteiger partial charge in [-0.3, -0.25) is 14.2 Å². The summed E-state index contributed by atoms with van der Waals surface area (Å²) < 4.78 is 19.0. The van der Waals surface area contributed by atoms with Gasteiger partial charge in [0, 0.05) is 16.3 Å². The summed E-state index contributed by atoms with van der Waals surface area (Å²) in [6.45, 7) is 1.67. The van der Waals surface area contributed by atoms with E-state index in [9.17, 15) is 14.0 Å². The molecule has 29 heavy (non-hydrogen) atoms. The van der Waals surface area contributed by atoms with Crippen LogP contribution in [0.15, 0.2) is 53.6 Å². The highest BCUT2D eigenvalue weighted by Crippen LogP contribution is 2.27.